The summed E-state index contributed by atoms with van der Waals surface area (Å²) < 4.78 is 2.35. The molecule has 211 valence electrons. The van der Waals surface area contributed by atoms with Gasteiger partial charge in [0.05, 0.1) is 13.1 Å². The zero-order chi connectivity index (χ0) is 27.1. The molecule has 1 aromatic carbocycles. The summed E-state index contributed by atoms with van der Waals surface area (Å²) in [4.78, 5) is 21.2. The Morgan fingerprint density at radius 3 is 2.56 bits per heavy atom. The molecule has 3 aromatic rings. The molecule has 0 saturated carbocycles. The lowest BCUT2D eigenvalue weighted by atomic mass is 9.77. The average molecular weight is 549 g/mol. The number of aromatic amines is 1. The molecule has 0 aliphatic carbocycles. The van der Waals surface area contributed by atoms with Crippen LogP contribution in [0.25, 0.3) is 0 Å². The van der Waals surface area contributed by atoms with E-state index in [2.05, 4.69) is 61.4 Å². The molecule has 2 saturated heterocycles. The van der Waals surface area contributed by atoms with Crippen LogP contribution in [0.1, 0.15) is 69.6 Å². The van der Waals surface area contributed by atoms with E-state index in [1.54, 1.807) is 0 Å². The van der Waals surface area contributed by atoms with Crippen molar-refractivity contribution in [2.24, 2.45) is 5.41 Å². The number of hydrogen-bond donors (Lipinski definition) is 1. The van der Waals surface area contributed by atoms with Crippen molar-refractivity contribution in [3.05, 3.63) is 66.3 Å². The van der Waals surface area contributed by atoms with Crippen LogP contribution in [0.2, 0.25) is 0 Å². The highest BCUT2D eigenvalue weighted by atomic mass is 32.1. The first kappa shape index (κ1) is 28.3. The quantitative estimate of drug-likeness (QED) is 0.296. The average Bonchev–Trinajstić information content (AvgIpc) is 3.69. The maximum atomic E-state index is 5.40. The van der Waals surface area contributed by atoms with E-state index in [9.17, 15) is 0 Å². The summed E-state index contributed by atoms with van der Waals surface area (Å²) >= 11 is 5.40. The lowest BCUT2D eigenvalue weighted by molar-refractivity contribution is 0.0728. The molecule has 2 aliphatic heterocycles. The van der Waals surface area contributed by atoms with Gasteiger partial charge in [-0.2, -0.15) is 0 Å². The number of nitrogens with one attached hydrogen (secondary N) is 1. The van der Waals surface area contributed by atoms with Crippen molar-refractivity contribution in [3.63, 3.8) is 0 Å². The number of aryl methyl sites for hydroxylation is 1. The van der Waals surface area contributed by atoms with Crippen LogP contribution in [0.15, 0.2) is 53.9 Å². The monoisotopic (exact) mass is 548 g/mol. The number of aromatic nitrogens is 4. The van der Waals surface area contributed by atoms with Gasteiger partial charge in [0.25, 0.3) is 0 Å². The zero-order valence-corrected chi connectivity index (χ0v) is 24.7. The van der Waals surface area contributed by atoms with Crippen LogP contribution in [0, 0.1) is 5.41 Å². The number of piperidine rings is 1. The minimum Gasteiger partial charge on any atom is -0.348 e. The van der Waals surface area contributed by atoms with Gasteiger partial charge in [-0.05, 0) is 87.8 Å². The summed E-state index contributed by atoms with van der Waals surface area (Å²) in [5.74, 6) is 2.08. The van der Waals surface area contributed by atoms with Crippen molar-refractivity contribution in [2.75, 3.05) is 32.7 Å². The van der Waals surface area contributed by atoms with Crippen molar-refractivity contribution in [1.29, 1.82) is 0 Å². The third-order valence-corrected chi connectivity index (χ3v) is 9.36. The van der Waals surface area contributed by atoms with Gasteiger partial charge in [-0.3, -0.25) is 4.90 Å². The highest BCUT2D eigenvalue weighted by Gasteiger charge is 2.40. The molecule has 0 unspecified atom stereocenters. The van der Waals surface area contributed by atoms with E-state index in [-0.39, 0.29) is 0 Å². The molecule has 2 aliphatic rings. The Balaban J connectivity index is 1.12. The highest BCUT2D eigenvalue weighted by Crippen LogP contribution is 2.41. The van der Waals surface area contributed by atoms with Gasteiger partial charge in [-0.25, -0.2) is 9.97 Å². The fourth-order valence-electron chi connectivity index (χ4n) is 6.82. The summed E-state index contributed by atoms with van der Waals surface area (Å²) in [7, 11) is 0. The molecule has 5 rings (SSSR count). The summed E-state index contributed by atoms with van der Waals surface area (Å²) in [6, 6.07) is 9.04. The number of H-pyrrole nitrogens is 1. The maximum absolute atomic E-state index is 5.40. The fourth-order valence-corrected chi connectivity index (χ4v) is 7.05. The number of hydrogen-bond acceptors (Lipinski definition) is 5. The van der Waals surface area contributed by atoms with Crippen LogP contribution in [-0.4, -0.2) is 73.0 Å². The number of nitrogens with zero attached hydrogens (tertiary/aromatic N) is 6. The third-order valence-electron chi connectivity index (χ3n) is 9.11. The molecule has 39 heavy (non-hydrogen) atoms. The first-order valence-corrected chi connectivity index (χ1v) is 15.4. The molecule has 1 radical (unpaired) electrons. The molecular weight excluding hydrogens is 502 g/mol. The minimum atomic E-state index is 0.567. The van der Waals surface area contributed by atoms with Crippen LogP contribution in [0.5, 0.6) is 0 Å². The van der Waals surface area contributed by atoms with Crippen molar-refractivity contribution >= 4 is 12.6 Å². The van der Waals surface area contributed by atoms with Gasteiger partial charge in [0.2, 0.25) is 0 Å². The SMILES string of the molecule is CCC(CC)N1CCC2(CCN(CCCn3ccnc3CN(Cc3cccc([S])c3)Cc3ncc[nH]3)C2)CC1. The van der Waals surface area contributed by atoms with Gasteiger partial charge in [0, 0.05) is 55.4 Å². The van der Waals surface area contributed by atoms with E-state index < -0.39 is 0 Å². The predicted molar refractivity (Wildman–Crippen MR) is 159 cm³/mol. The first-order valence-electron chi connectivity index (χ1n) is 15.0. The van der Waals surface area contributed by atoms with E-state index in [0.717, 1.165) is 55.2 Å². The summed E-state index contributed by atoms with van der Waals surface area (Å²) in [6.07, 6.45) is 15.7. The van der Waals surface area contributed by atoms with Crippen molar-refractivity contribution in [3.8, 4) is 0 Å². The van der Waals surface area contributed by atoms with Crippen LogP contribution in [-0.2, 0) is 26.2 Å². The first-order chi connectivity index (χ1) is 19.1. The van der Waals surface area contributed by atoms with Gasteiger partial charge in [-0.15, -0.1) is 0 Å². The second kappa shape index (κ2) is 13.4. The smallest absolute Gasteiger partial charge is 0.122 e. The van der Waals surface area contributed by atoms with Crippen LogP contribution >= 0.6 is 12.6 Å². The summed E-state index contributed by atoms with van der Waals surface area (Å²) in [5, 5.41) is 0. The second-order valence-electron chi connectivity index (χ2n) is 11.8. The van der Waals surface area contributed by atoms with E-state index in [1.807, 2.05) is 30.7 Å². The van der Waals surface area contributed by atoms with Crippen molar-refractivity contribution in [1.82, 2.24) is 34.2 Å². The van der Waals surface area contributed by atoms with E-state index in [4.69, 9.17) is 17.6 Å². The number of likely N-dealkylation sites (tertiary alicyclic amines) is 2. The molecular formula is C31H46N7S. The van der Waals surface area contributed by atoms with Crippen molar-refractivity contribution < 1.29 is 0 Å². The minimum absolute atomic E-state index is 0.567. The molecule has 4 heterocycles. The number of benzene rings is 1. The summed E-state index contributed by atoms with van der Waals surface area (Å²) in [5.41, 5.74) is 1.79. The molecule has 1 spiro atoms. The number of rotatable bonds is 13. The third kappa shape index (κ3) is 7.48. The molecule has 2 fully saturated rings. The molecule has 0 bridgehead atoms. The van der Waals surface area contributed by atoms with Gasteiger partial charge in [-0.1, -0.05) is 38.6 Å². The summed E-state index contributed by atoms with van der Waals surface area (Å²) in [6.45, 7) is 14.4. The normalized spacial score (nSPS) is 18.2. The van der Waals surface area contributed by atoms with Crippen LogP contribution in [0.3, 0.4) is 0 Å². The Hall–Kier alpha value is -2.26. The van der Waals surface area contributed by atoms with E-state index >= 15 is 0 Å². The topological polar surface area (TPSA) is 56.2 Å². The lowest BCUT2D eigenvalue weighted by Crippen LogP contribution is -2.45. The zero-order valence-electron chi connectivity index (χ0n) is 23.9. The molecule has 7 nitrogen and oxygen atoms in total. The van der Waals surface area contributed by atoms with Crippen LogP contribution in [0.4, 0.5) is 0 Å². The molecule has 2 aromatic heterocycles. The Bertz CT molecular complexity index is 1130. The number of imidazole rings is 2. The standard InChI is InChI=1S/C31H46N7S/c1-3-27(4-2)37-18-10-31(11-19-37)9-17-35(25-31)15-6-16-38-20-14-34-30(38)24-36(23-29-32-12-13-33-29)22-26-7-5-8-28(39)21-26/h5,7-8,12-14,20-21,27H,3-4,6,9-11,15-19,22-25H2,1-2H3,(H,32,33). The van der Waals surface area contributed by atoms with Gasteiger partial charge >= 0.3 is 0 Å². The van der Waals surface area contributed by atoms with E-state index in [1.165, 1.54) is 70.4 Å². The molecule has 0 atom stereocenters. The van der Waals surface area contributed by atoms with Gasteiger partial charge in [0.1, 0.15) is 11.6 Å². The van der Waals surface area contributed by atoms with Crippen molar-refractivity contribution in [2.45, 2.75) is 89.5 Å². The highest BCUT2D eigenvalue weighted by molar-refractivity contribution is 7.80. The van der Waals surface area contributed by atoms with E-state index in [0.29, 0.717) is 5.41 Å². The predicted octanol–water partition coefficient (Wildman–Crippen LogP) is 5.73. The van der Waals surface area contributed by atoms with Gasteiger partial charge in [0.15, 0.2) is 0 Å². The molecule has 8 heteroatoms. The largest absolute Gasteiger partial charge is 0.348 e. The Labute approximate surface area is 240 Å². The second-order valence-corrected chi connectivity index (χ2v) is 12.2. The molecule has 1 N–H and O–H groups in total. The Morgan fingerprint density at radius 1 is 1.00 bits per heavy atom. The molecule has 0 amide bonds. The van der Waals surface area contributed by atoms with Crippen LogP contribution < -0.4 is 0 Å². The lowest BCUT2D eigenvalue weighted by Gasteiger charge is -2.42. The maximum Gasteiger partial charge on any atom is 0.122 e. The Kier molecular flexibility index (Phi) is 9.71. The fraction of sp³-hybridized carbons (Fsp3) is 0.613. The van der Waals surface area contributed by atoms with Gasteiger partial charge < -0.3 is 19.4 Å². The Morgan fingerprint density at radius 2 is 1.82 bits per heavy atom.